The van der Waals surface area contributed by atoms with Gasteiger partial charge in [0.1, 0.15) is 29.0 Å². The summed E-state index contributed by atoms with van der Waals surface area (Å²) < 4.78 is 53.9. The summed E-state index contributed by atoms with van der Waals surface area (Å²) in [7, 11) is 0. The molecule has 0 aliphatic heterocycles. The number of nitrogens with zero attached hydrogens (tertiary/aromatic N) is 1. The van der Waals surface area contributed by atoms with E-state index in [0.29, 0.717) is 38.3 Å². The van der Waals surface area contributed by atoms with E-state index in [9.17, 15) is 22.7 Å². The van der Waals surface area contributed by atoms with E-state index in [4.69, 9.17) is 24.4 Å². The summed E-state index contributed by atoms with van der Waals surface area (Å²) in [4.78, 5) is 2.01. The number of para-hydroxylation sites is 1. The molecule has 0 saturated carbocycles. The maximum Gasteiger partial charge on any atom is 0.170 e. The number of aromatic hydroxyl groups is 1. The minimum atomic E-state index is -0.762. The molecule has 3 rings (SSSR count). The Morgan fingerprint density at radius 3 is 1.68 bits per heavy atom. The Kier molecular flexibility index (Phi) is 10.4. The highest BCUT2D eigenvalue weighted by atomic mass is 32.1. The minimum absolute atomic E-state index is 0.0489. The summed E-state index contributed by atoms with van der Waals surface area (Å²) >= 11 is 10.4. The van der Waals surface area contributed by atoms with Crippen molar-refractivity contribution in [3.05, 3.63) is 89.5 Å². The third kappa shape index (κ3) is 9.16. The van der Waals surface area contributed by atoms with Crippen LogP contribution >= 0.6 is 24.4 Å². The number of halogens is 4. The highest BCUT2D eigenvalue weighted by molar-refractivity contribution is 7.80. The number of anilines is 2. The average Bonchev–Trinajstić information content (AvgIpc) is 2.84. The van der Waals surface area contributed by atoms with E-state index in [1.165, 1.54) is 12.1 Å². The van der Waals surface area contributed by atoms with Gasteiger partial charge in [-0.25, -0.2) is 17.6 Å². The number of nitrogens with one attached hydrogen (secondary N) is 4. The quantitative estimate of drug-likeness (QED) is 0.183. The predicted octanol–water partition coefficient (Wildman–Crippen LogP) is 4.72. The van der Waals surface area contributed by atoms with Crippen LogP contribution in [0.15, 0.2) is 60.7 Å². The standard InChI is InChI=1S/C25H25F4N5OS2/c26-17-5-7-21(19(28)13-17)32-24(36)30-9-11-34(15-16-3-1-2-4-23(16)35)12-10-31-25(37)33-22-8-6-18(27)14-20(22)29/h1-8,13-14,35H,9-12,15H2,(H2,30,32,36)(H2,31,33,37). The Balaban J connectivity index is 1.52. The molecule has 3 aromatic rings. The molecule has 0 bridgehead atoms. The van der Waals surface area contributed by atoms with Crippen LogP contribution in [0.3, 0.4) is 0 Å². The van der Waals surface area contributed by atoms with E-state index in [1.807, 2.05) is 11.0 Å². The monoisotopic (exact) mass is 551 g/mol. The second-order valence-corrected chi connectivity index (χ2v) is 8.73. The molecular formula is C25H25F4N5OS2. The lowest BCUT2D eigenvalue weighted by atomic mass is 10.2. The molecule has 3 aromatic carbocycles. The topological polar surface area (TPSA) is 71.6 Å². The Morgan fingerprint density at radius 1 is 0.730 bits per heavy atom. The molecule has 0 spiro atoms. The number of phenolic OH excluding ortho intramolecular Hbond substituents is 1. The summed E-state index contributed by atoms with van der Waals surface area (Å²) in [6.45, 7) is 2.14. The van der Waals surface area contributed by atoms with Gasteiger partial charge in [-0.3, -0.25) is 4.90 Å². The molecule has 196 valence electrons. The third-order valence-electron chi connectivity index (χ3n) is 5.17. The van der Waals surface area contributed by atoms with Gasteiger partial charge in [-0.05, 0) is 54.8 Å². The Hall–Kier alpha value is -3.48. The Morgan fingerprint density at radius 2 is 1.22 bits per heavy atom. The van der Waals surface area contributed by atoms with Gasteiger partial charge in [-0.15, -0.1) is 0 Å². The Bertz CT molecular complexity index is 1180. The molecule has 5 N–H and O–H groups in total. The van der Waals surface area contributed by atoms with Crippen molar-refractivity contribution in [1.82, 2.24) is 15.5 Å². The highest BCUT2D eigenvalue weighted by Gasteiger charge is 2.11. The fourth-order valence-corrected chi connectivity index (χ4v) is 3.75. The predicted molar refractivity (Wildman–Crippen MR) is 145 cm³/mol. The summed E-state index contributed by atoms with van der Waals surface area (Å²) in [5, 5.41) is 21.8. The first-order chi connectivity index (χ1) is 17.7. The van der Waals surface area contributed by atoms with Crippen molar-refractivity contribution in [3.63, 3.8) is 0 Å². The lowest BCUT2D eigenvalue weighted by Gasteiger charge is -2.24. The molecule has 0 aliphatic carbocycles. The van der Waals surface area contributed by atoms with Crippen molar-refractivity contribution in [3.8, 4) is 5.75 Å². The van der Waals surface area contributed by atoms with E-state index in [2.05, 4.69) is 21.3 Å². The fourth-order valence-electron chi connectivity index (χ4n) is 3.33. The number of thiocarbonyl (C=S) groups is 2. The second-order valence-electron chi connectivity index (χ2n) is 7.91. The number of phenols is 1. The lowest BCUT2D eigenvalue weighted by molar-refractivity contribution is 0.270. The Labute approximate surface area is 222 Å². The highest BCUT2D eigenvalue weighted by Crippen LogP contribution is 2.18. The van der Waals surface area contributed by atoms with E-state index in [-0.39, 0.29) is 27.3 Å². The molecule has 37 heavy (non-hydrogen) atoms. The molecule has 0 unspecified atom stereocenters. The van der Waals surface area contributed by atoms with Crippen LogP contribution < -0.4 is 21.3 Å². The van der Waals surface area contributed by atoms with Gasteiger partial charge in [0.15, 0.2) is 10.2 Å². The molecule has 0 saturated heterocycles. The van der Waals surface area contributed by atoms with Crippen LogP contribution in [0.25, 0.3) is 0 Å². The smallest absolute Gasteiger partial charge is 0.170 e. The zero-order valence-corrected chi connectivity index (χ0v) is 21.2. The first-order valence-corrected chi connectivity index (χ1v) is 12.0. The van der Waals surface area contributed by atoms with Crippen LogP contribution in [-0.4, -0.2) is 46.4 Å². The van der Waals surface area contributed by atoms with Gasteiger partial charge < -0.3 is 26.4 Å². The van der Waals surface area contributed by atoms with Crippen molar-refractivity contribution in [2.45, 2.75) is 6.54 Å². The number of benzene rings is 3. The average molecular weight is 552 g/mol. The van der Waals surface area contributed by atoms with Crippen molar-refractivity contribution < 1.29 is 22.7 Å². The first kappa shape index (κ1) is 28.1. The maximum absolute atomic E-state index is 13.8. The lowest BCUT2D eigenvalue weighted by Crippen LogP contribution is -2.41. The normalized spacial score (nSPS) is 10.7. The van der Waals surface area contributed by atoms with Gasteiger partial charge in [0, 0.05) is 50.4 Å². The SMILES string of the molecule is Oc1ccccc1CN(CCNC(=S)Nc1ccc(F)cc1F)CCNC(=S)Nc1ccc(F)cc1F. The van der Waals surface area contributed by atoms with Crippen LogP contribution in [-0.2, 0) is 6.54 Å². The summed E-state index contributed by atoms with van der Waals surface area (Å²) in [5.74, 6) is -2.75. The fraction of sp³-hybridized carbons (Fsp3) is 0.200. The van der Waals surface area contributed by atoms with E-state index in [0.717, 1.165) is 24.3 Å². The van der Waals surface area contributed by atoms with Crippen LogP contribution in [0.4, 0.5) is 28.9 Å². The van der Waals surface area contributed by atoms with Crippen molar-refractivity contribution in [1.29, 1.82) is 0 Å². The van der Waals surface area contributed by atoms with Crippen LogP contribution in [0.2, 0.25) is 0 Å². The number of rotatable bonds is 10. The molecule has 0 amide bonds. The number of hydrogen-bond donors (Lipinski definition) is 5. The molecular weight excluding hydrogens is 526 g/mol. The number of hydrogen-bond acceptors (Lipinski definition) is 4. The van der Waals surface area contributed by atoms with Gasteiger partial charge in [-0.2, -0.15) is 0 Å². The van der Waals surface area contributed by atoms with E-state index >= 15 is 0 Å². The molecule has 0 atom stereocenters. The summed E-state index contributed by atoms with van der Waals surface area (Å²) in [6.07, 6.45) is 0. The van der Waals surface area contributed by atoms with Crippen LogP contribution in [0.5, 0.6) is 5.75 Å². The molecule has 0 radical (unpaired) electrons. The molecule has 0 aliphatic rings. The van der Waals surface area contributed by atoms with Gasteiger partial charge in [0.05, 0.1) is 11.4 Å². The molecule has 0 aromatic heterocycles. The molecule has 0 fully saturated rings. The first-order valence-electron chi connectivity index (χ1n) is 11.2. The third-order valence-corrected chi connectivity index (χ3v) is 5.66. The molecule has 12 heteroatoms. The van der Waals surface area contributed by atoms with Gasteiger partial charge in [0.25, 0.3) is 0 Å². The largest absolute Gasteiger partial charge is 0.508 e. The van der Waals surface area contributed by atoms with Crippen molar-refractivity contribution in [2.24, 2.45) is 0 Å². The van der Waals surface area contributed by atoms with Crippen LogP contribution in [0.1, 0.15) is 5.56 Å². The summed E-state index contributed by atoms with van der Waals surface area (Å²) in [5.41, 5.74) is 0.811. The van der Waals surface area contributed by atoms with Crippen molar-refractivity contribution in [2.75, 3.05) is 36.8 Å². The van der Waals surface area contributed by atoms with Gasteiger partial charge in [0.2, 0.25) is 0 Å². The van der Waals surface area contributed by atoms with Crippen LogP contribution in [0, 0.1) is 23.3 Å². The second kappa shape index (κ2) is 13.7. The van der Waals surface area contributed by atoms with Crippen molar-refractivity contribution >= 4 is 46.0 Å². The van der Waals surface area contributed by atoms with Gasteiger partial charge in [-0.1, -0.05) is 18.2 Å². The van der Waals surface area contributed by atoms with E-state index < -0.39 is 23.3 Å². The zero-order valence-electron chi connectivity index (χ0n) is 19.5. The van der Waals surface area contributed by atoms with Gasteiger partial charge >= 0.3 is 0 Å². The zero-order chi connectivity index (χ0) is 26.8. The van der Waals surface area contributed by atoms with E-state index in [1.54, 1.807) is 18.2 Å². The molecule has 6 nitrogen and oxygen atoms in total. The molecule has 0 heterocycles. The minimum Gasteiger partial charge on any atom is -0.508 e. The summed E-state index contributed by atoms with van der Waals surface area (Å²) in [6, 6.07) is 13.2. The maximum atomic E-state index is 13.8.